The Bertz CT molecular complexity index is 936. The summed E-state index contributed by atoms with van der Waals surface area (Å²) in [6.45, 7) is 5.77. The summed E-state index contributed by atoms with van der Waals surface area (Å²) < 4.78 is 7.20. The fourth-order valence-electron chi connectivity index (χ4n) is 5.25. The number of ether oxygens (including phenoxy) is 1. The average Bonchev–Trinajstić information content (AvgIpc) is 3.53. The Kier molecular flexibility index (Phi) is 7.84. The predicted molar refractivity (Wildman–Crippen MR) is 129 cm³/mol. The smallest absolute Gasteiger partial charge is 0.358 e. The number of aromatic nitrogens is 2. The van der Waals surface area contributed by atoms with Crippen LogP contribution in [0.3, 0.4) is 0 Å². The van der Waals surface area contributed by atoms with Gasteiger partial charge < -0.3 is 9.64 Å². The number of benzene rings is 1. The Labute approximate surface area is 197 Å². The molecule has 33 heavy (non-hydrogen) atoms. The van der Waals surface area contributed by atoms with Crippen LogP contribution in [0.25, 0.3) is 11.3 Å². The van der Waals surface area contributed by atoms with Crippen molar-refractivity contribution in [2.75, 3.05) is 19.7 Å². The van der Waals surface area contributed by atoms with Gasteiger partial charge in [0.1, 0.15) is 0 Å². The summed E-state index contributed by atoms with van der Waals surface area (Å²) in [5.41, 5.74) is 3.61. The zero-order chi connectivity index (χ0) is 23.2. The zero-order valence-electron chi connectivity index (χ0n) is 20.1. The second-order valence-electron chi connectivity index (χ2n) is 9.43. The predicted octanol–water partition coefficient (Wildman–Crippen LogP) is 5.42. The van der Waals surface area contributed by atoms with E-state index in [1.54, 1.807) is 6.92 Å². The maximum absolute atomic E-state index is 12.8. The maximum Gasteiger partial charge on any atom is 0.358 e. The van der Waals surface area contributed by atoms with Crippen molar-refractivity contribution >= 4 is 11.9 Å². The van der Waals surface area contributed by atoms with Gasteiger partial charge in [-0.05, 0) is 55.7 Å². The van der Waals surface area contributed by atoms with Gasteiger partial charge in [0.2, 0.25) is 5.91 Å². The van der Waals surface area contributed by atoms with Crippen LogP contribution in [0.5, 0.6) is 0 Å². The van der Waals surface area contributed by atoms with E-state index in [1.807, 2.05) is 15.6 Å². The largest absolute Gasteiger partial charge is 0.461 e. The molecule has 6 heteroatoms. The second kappa shape index (κ2) is 11.0. The third-order valence-electron chi connectivity index (χ3n) is 7.28. The van der Waals surface area contributed by atoms with Gasteiger partial charge in [-0.2, -0.15) is 5.10 Å². The molecule has 0 atom stereocenters. The van der Waals surface area contributed by atoms with E-state index in [1.165, 1.54) is 31.2 Å². The topological polar surface area (TPSA) is 64.4 Å². The molecule has 1 aliphatic heterocycles. The standard InChI is InChI=1S/C27H37N3O3/c1-3-20-9-12-22(13-10-20)25-19-24(27(32)33-4-2)28-30(25)23-15-17-29(18-16-23)26(31)14-11-21-7-5-6-8-21/h9-10,12-13,19,21,23H,3-8,11,14-18H2,1-2H3. The van der Waals surface area contributed by atoms with Gasteiger partial charge in [-0.3, -0.25) is 9.48 Å². The van der Waals surface area contributed by atoms with Crippen molar-refractivity contribution in [3.05, 3.63) is 41.6 Å². The summed E-state index contributed by atoms with van der Waals surface area (Å²) in [5, 5.41) is 4.67. The molecular formula is C27H37N3O3. The first kappa shape index (κ1) is 23.5. The van der Waals surface area contributed by atoms with Gasteiger partial charge in [-0.25, -0.2) is 4.79 Å². The van der Waals surface area contributed by atoms with E-state index in [0.717, 1.165) is 55.9 Å². The number of hydrogen-bond acceptors (Lipinski definition) is 4. The highest BCUT2D eigenvalue weighted by Crippen LogP contribution is 2.32. The van der Waals surface area contributed by atoms with Gasteiger partial charge in [0, 0.05) is 19.5 Å². The first-order chi connectivity index (χ1) is 16.1. The van der Waals surface area contributed by atoms with Crippen LogP contribution in [0, 0.1) is 5.92 Å². The van der Waals surface area contributed by atoms with Crippen LogP contribution >= 0.6 is 0 Å². The molecule has 0 radical (unpaired) electrons. The van der Waals surface area contributed by atoms with Crippen LogP contribution in [-0.2, 0) is 16.0 Å². The minimum Gasteiger partial charge on any atom is -0.461 e. The highest BCUT2D eigenvalue weighted by atomic mass is 16.5. The summed E-state index contributed by atoms with van der Waals surface area (Å²) in [6, 6.07) is 10.5. The number of amides is 1. The molecule has 2 fully saturated rings. The fourth-order valence-corrected chi connectivity index (χ4v) is 5.25. The summed E-state index contributed by atoms with van der Waals surface area (Å²) >= 11 is 0. The van der Waals surface area contributed by atoms with Crippen molar-refractivity contribution in [3.8, 4) is 11.3 Å². The number of esters is 1. The molecule has 1 aliphatic carbocycles. The third-order valence-corrected chi connectivity index (χ3v) is 7.28. The molecule has 1 saturated carbocycles. The van der Waals surface area contributed by atoms with Crippen molar-refractivity contribution in [3.63, 3.8) is 0 Å². The molecular weight excluding hydrogens is 414 g/mol. The van der Waals surface area contributed by atoms with Gasteiger partial charge in [0.15, 0.2) is 5.69 Å². The van der Waals surface area contributed by atoms with Crippen LogP contribution in [0.15, 0.2) is 30.3 Å². The number of carbonyl (C=O) groups excluding carboxylic acids is 2. The van der Waals surface area contributed by atoms with E-state index < -0.39 is 0 Å². The highest BCUT2D eigenvalue weighted by Gasteiger charge is 2.28. The van der Waals surface area contributed by atoms with Gasteiger partial charge >= 0.3 is 5.97 Å². The maximum atomic E-state index is 12.8. The van der Waals surface area contributed by atoms with E-state index in [4.69, 9.17) is 4.74 Å². The van der Waals surface area contributed by atoms with Gasteiger partial charge in [0.05, 0.1) is 18.3 Å². The molecule has 1 saturated heterocycles. The van der Waals surface area contributed by atoms with Gasteiger partial charge in [-0.1, -0.05) is 56.9 Å². The van der Waals surface area contributed by atoms with Gasteiger partial charge in [-0.15, -0.1) is 0 Å². The minimum absolute atomic E-state index is 0.160. The van der Waals surface area contributed by atoms with E-state index >= 15 is 0 Å². The van der Waals surface area contributed by atoms with E-state index in [0.29, 0.717) is 24.6 Å². The highest BCUT2D eigenvalue weighted by molar-refractivity contribution is 5.88. The van der Waals surface area contributed by atoms with Crippen molar-refractivity contribution < 1.29 is 14.3 Å². The molecule has 1 aromatic carbocycles. The Morgan fingerprint density at radius 3 is 2.36 bits per heavy atom. The lowest BCUT2D eigenvalue weighted by molar-refractivity contribution is -0.132. The zero-order valence-corrected chi connectivity index (χ0v) is 20.1. The number of hydrogen-bond donors (Lipinski definition) is 0. The van der Waals surface area contributed by atoms with Crippen molar-refractivity contribution in [2.24, 2.45) is 5.92 Å². The lowest BCUT2D eigenvalue weighted by Crippen LogP contribution is -2.39. The summed E-state index contributed by atoms with van der Waals surface area (Å²) in [6.07, 6.45) is 9.63. The third kappa shape index (κ3) is 5.66. The molecule has 1 aromatic heterocycles. The van der Waals surface area contributed by atoms with Crippen LogP contribution in [0.4, 0.5) is 0 Å². The Morgan fingerprint density at radius 1 is 1.03 bits per heavy atom. The Morgan fingerprint density at radius 2 is 1.73 bits per heavy atom. The van der Waals surface area contributed by atoms with Crippen molar-refractivity contribution in [1.29, 1.82) is 0 Å². The molecule has 4 rings (SSSR count). The summed E-state index contributed by atoms with van der Waals surface area (Å²) in [5.74, 6) is 0.657. The molecule has 1 amide bonds. The monoisotopic (exact) mass is 451 g/mol. The number of aryl methyl sites for hydroxylation is 1. The Balaban J connectivity index is 1.45. The molecule has 2 heterocycles. The minimum atomic E-state index is -0.387. The number of rotatable bonds is 8. The SMILES string of the molecule is CCOC(=O)c1cc(-c2ccc(CC)cc2)n(C2CCN(C(=O)CCC3CCCC3)CC2)n1. The number of likely N-dealkylation sites (tertiary alicyclic amines) is 1. The first-order valence-electron chi connectivity index (χ1n) is 12.7. The van der Waals surface area contributed by atoms with Crippen LogP contribution in [-0.4, -0.2) is 46.3 Å². The van der Waals surface area contributed by atoms with Crippen molar-refractivity contribution in [2.45, 2.75) is 77.7 Å². The molecule has 6 nitrogen and oxygen atoms in total. The van der Waals surface area contributed by atoms with Gasteiger partial charge in [0.25, 0.3) is 0 Å². The van der Waals surface area contributed by atoms with E-state index in [2.05, 4.69) is 36.3 Å². The molecule has 0 bridgehead atoms. The van der Waals surface area contributed by atoms with E-state index in [9.17, 15) is 9.59 Å². The molecule has 178 valence electrons. The van der Waals surface area contributed by atoms with Crippen molar-refractivity contribution in [1.82, 2.24) is 14.7 Å². The molecule has 0 unspecified atom stereocenters. The first-order valence-corrected chi connectivity index (χ1v) is 12.7. The number of piperidine rings is 1. The Hall–Kier alpha value is -2.63. The molecule has 2 aliphatic rings. The molecule has 0 spiro atoms. The average molecular weight is 452 g/mol. The number of carbonyl (C=O) groups is 2. The lowest BCUT2D eigenvalue weighted by Gasteiger charge is -2.33. The van der Waals surface area contributed by atoms with Crippen LogP contribution in [0.2, 0.25) is 0 Å². The van der Waals surface area contributed by atoms with Crippen LogP contribution in [0.1, 0.15) is 87.3 Å². The lowest BCUT2D eigenvalue weighted by atomic mass is 9.99. The summed E-state index contributed by atoms with van der Waals surface area (Å²) in [4.78, 5) is 27.2. The molecule has 2 aromatic rings. The quantitative estimate of drug-likeness (QED) is 0.503. The normalized spacial score (nSPS) is 17.5. The van der Waals surface area contributed by atoms with E-state index in [-0.39, 0.29) is 12.0 Å². The van der Waals surface area contributed by atoms with Crippen LogP contribution < -0.4 is 0 Å². The second-order valence-corrected chi connectivity index (χ2v) is 9.43. The molecule has 0 N–H and O–H groups in total. The number of nitrogens with zero attached hydrogens (tertiary/aromatic N) is 3. The fraction of sp³-hybridized carbons (Fsp3) is 0.593. The summed E-state index contributed by atoms with van der Waals surface area (Å²) in [7, 11) is 0.